The van der Waals surface area contributed by atoms with Crippen LogP contribution in [0, 0.1) is 0 Å². The monoisotopic (exact) mass is 1140 g/mol. The van der Waals surface area contributed by atoms with Crippen LogP contribution in [0.2, 0.25) is 0 Å². The lowest BCUT2D eigenvalue weighted by Crippen LogP contribution is -2.62. The van der Waals surface area contributed by atoms with Crippen LogP contribution in [0.15, 0.2) is 96.8 Å². The largest absolute Gasteiger partial charge is 0.508 e. The van der Waals surface area contributed by atoms with Crippen molar-refractivity contribution in [3.8, 4) is 5.75 Å². The number of aliphatic carboxylic acids is 1. The number of carboxylic acid groups (broad SMARTS) is 1. The molecule has 5 rings (SSSR count). The number of amides is 7. The topological polar surface area (TPSA) is 330 Å². The van der Waals surface area contributed by atoms with Gasteiger partial charge in [-0.3, -0.25) is 33.6 Å². The molecule has 2 heterocycles. The number of aliphatic hydroxyl groups is 2. The molecule has 1 aliphatic heterocycles. The maximum atomic E-state index is 15.0. The van der Waals surface area contributed by atoms with Crippen LogP contribution in [0.25, 0.3) is 10.9 Å². The van der Waals surface area contributed by atoms with E-state index in [9.17, 15) is 58.8 Å². The number of nitrogens with one attached hydrogen (secondary N) is 9. The van der Waals surface area contributed by atoms with E-state index >= 15 is 0 Å². The lowest BCUT2D eigenvalue weighted by Gasteiger charge is -2.31. The highest BCUT2D eigenvalue weighted by Crippen LogP contribution is 2.26. The molecule has 80 heavy (non-hydrogen) atoms. The summed E-state index contributed by atoms with van der Waals surface area (Å²) in [5, 5.41) is 65.2. The van der Waals surface area contributed by atoms with Gasteiger partial charge in [0.05, 0.1) is 18.2 Å². The number of phenols is 1. The third-order valence-electron chi connectivity index (χ3n) is 13.4. The van der Waals surface area contributed by atoms with Gasteiger partial charge < -0.3 is 67.9 Å². The Morgan fingerprint density at radius 3 is 1.99 bits per heavy atom. The van der Waals surface area contributed by atoms with Gasteiger partial charge in [-0.15, -0.1) is 0 Å². The Morgan fingerprint density at radius 2 is 1.34 bits per heavy atom. The van der Waals surface area contributed by atoms with Gasteiger partial charge in [0, 0.05) is 60.0 Å². The zero-order valence-corrected chi connectivity index (χ0v) is 47.4. The van der Waals surface area contributed by atoms with E-state index in [1.165, 1.54) is 26.0 Å². The number of aromatic hydroxyl groups is 1. The average molecular weight is 1140 g/mol. The second-order valence-corrected chi connectivity index (χ2v) is 22.4. The second kappa shape index (κ2) is 32.2. The fourth-order valence-electron chi connectivity index (χ4n) is 8.83. The summed E-state index contributed by atoms with van der Waals surface area (Å²) in [4.78, 5) is 117. The number of aromatic amines is 1. The number of hydrogen-bond donors (Lipinski definition) is 13. The molecule has 0 saturated carbocycles. The fourth-order valence-corrected chi connectivity index (χ4v) is 11.2. The minimum Gasteiger partial charge on any atom is -0.508 e. The molecule has 0 bridgehead atoms. The van der Waals surface area contributed by atoms with Crippen LogP contribution < -0.4 is 42.5 Å². The number of aromatic nitrogens is 1. The summed E-state index contributed by atoms with van der Waals surface area (Å²) in [6.45, 7) is 8.05. The quantitative estimate of drug-likeness (QED) is 0.0397. The second-order valence-electron chi connectivity index (χ2n) is 19.8. The maximum Gasteiger partial charge on any atom is 0.328 e. The van der Waals surface area contributed by atoms with Crippen LogP contribution in [-0.2, 0) is 57.6 Å². The predicted octanol–water partition coefficient (Wildman–Crippen LogP) is 3.17. The molecule has 0 spiro atoms. The van der Waals surface area contributed by atoms with Gasteiger partial charge in [-0.05, 0) is 61.6 Å². The Bertz CT molecular complexity index is 2740. The smallest absolute Gasteiger partial charge is 0.328 e. The summed E-state index contributed by atoms with van der Waals surface area (Å²) >= 11 is 0. The molecule has 1 fully saturated rings. The molecular weight excluding hydrogens is 1070 g/mol. The molecule has 1 aromatic heterocycles. The number of rotatable bonds is 22. The molecule has 1 aliphatic rings. The number of fused-ring (bicyclic) bond motifs is 1. The minimum absolute atomic E-state index is 0.0535. The first-order valence-corrected chi connectivity index (χ1v) is 29.6. The third kappa shape index (κ3) is 19.6. The van der Waals surface area contributed by atoms with Crippen molar-refractivity contribution in [2.24, 2.45) is 0 Å². The number of para-hydroxylation sites is 1. The lowest BCUT2D eigenvalue weighted by molar-refractivity contribution is -0.142. The van der Waals surface area contributed by atoms with E-state index in [1.807, 2.05) is 38.1 Å². The van der Waals surface area contributed by atoms with E-state index in [4.69, 9.17) is 0 Å². The van der Waals surface area contributed by atoms with Gasteiger partial charge >= 0.3 is 5.97 Å². The number of benzene rings is 3. The van der Waals surface area contributed by atoms with Gasteiger partial charge in [-0.25, -0.2) is 4.79 Å². The first-order chi connectivity index (χ1) is 38.3. The van der Waals surface area contributed by atoms with Crippen molar-refractivity contribution in [2.45, 2.75) is 159 Å². The van der Waals surface area contributed by atoms with Gasteiger partial charge in [0.2, 0.25) is 41.4 Å². The predicted molar refractivity (Wildman–Crippen MR) is 308 cm³/mol. The van der Waals surface area contributed by atoms with Gasteiger partial charge in [-0.2, -0.15) is 0 Å². The van der Waals surface area contributed by atoms with Gasteiger partial charge in [-0.1, -0.05) is 135 Å². The average Bonchev–Trinajstić information content (AvgIpc) is 3.84. The highest BCUT2D eigenvalue weighted by Gasteiger charge is 2.37. The van der Waals surface area contributed by atoms with Crippen molar-refractivity contribution in [3.63, 3.8) is 0 Å². The Morgan fingerprint density at radius 1 is 0.700 bits per heavy atom. The third-order valence-corrected chi connectivity index (χ3v) is 15.8. The molecular formula is C57H77N9O12S2. The fraction of sp³-hybridized carbons (Fsp3) is 0.474. The number of hydrogen-bond acceptors (Lipinski definition) is 14. The molecule has 434 valence electrons. The summed E-state index contributed by atoms with van der Waals surface area (Å²) in [6, 6.07) is 11.2. The molecule has 1 saturated heterocycles. The van der Waals surface area contributed by atoms with E-state index < -0.39 is 108 Å². The molecule has 4 aromatic rings. The highest BCUT2D eigenvalue weighted by molar-refractivity contribution is 8.76. The van der Waals surface area contributed by atoms with Crippen molar-refractivity contribution in [1.29, 1.82) is 0 Å². The maximum absolute atomic E-state index is 15.0. The Kier molecular flexibility index (Phi) is 25.7. The van der Waals surface area contributed by atoms with E-state index in [1.54, 1.807) is 61.7 Å². The van der Waals surface area contributed by atoms with Crippen molar-refractivity contribution in [3.05, 3.63) is 114 Å². The zero-order valence-electron chi connectivity index (χ0n) is 45.8. The van der Waals surface area contributed by atoms with E-state index in [0.717, 1.165) is 38.9 Å². The van der Waals surface area contributed by atoms with Crippen LogP contribution in [0.5, 0.6) is 5.75 Å². The number of allylic oxidation sites excluding steroid dienone is 1. The lowest BCUT2D eigenvalue weighted by atomic mass is 10.0. The first-order valence-electron chi connectivity index (χ1n) is 27.1. The Hall–Kier alpha value is -7.08. The molecule has 10 unspecified atom stereocenters. The molecule has 13 N–H and O–H groups in total. The standard InChI is InChI=1S/C57H77N9O12S2/c1-6-9-12-22-42-51(71)66-49(33(4)67)56(76)64-46(41(20-10-7-2)60-50(34(5)68)57(77)78)31-79-80-32-47(65-52(72)43(59-48(70)8-3)27-35-17-13-11-14-18-35)55(75)62-44(28-36-23-25-38(69)26-24-36)53(73)63-45(54(74)61-42)29-37-30-58-40-21-16-15-19-39(37)40/h11,13-21,23-26,30,33-34,42-47,49-50,58,60,67-69H,6-10,12,22,27-29,31-32H2,1-5H3,(H,59,70)(H,61,74)(H,62,75)(H,63,73)(H,64,76)(H,65,72)(H,66,71)(H,77,78)/b41-20+. The molecule has 23 heteroatoms. The number of H-pyrrole nitrogens is 1. The zero-order chi connectivity index (χ0) is 58.3. The van der Waals surface area contributed by atoms with Crippen LogP contribution >= 0.6 is 21.6 Å². The number of unbranched alkanes of at least 4 members (excludes halogenated alkanes) is 3. The van der Waals surface area contributed by atoms with Crippen molar-refractivity contribution >= 4 is 79.8 Å². The van der Waals surface area contributed by atoms with Gasteiger partial charge in [0.1, 0.15) is 42.0 Å². The number of carbonyl (C=O) groups excluding carboxylic acids is 7. The molecule has 21 nitrogen and oxygen atoms in total. The molecule has 0 aliphatic carbocycles. The van der Waals surface area contributed by atoms with Crippen LogP contribution in [0.4, 0.5) is 0 Å². The molecule has 3 aromatic carbocycles. The summed E-state index contributed by atoms with van der Waals surface area (Å²) in [6.07, 6.45) is 3.22. The van der Waals surface area contributed by atoms with E-state index in [-0.39, 0.29) is 55.1 Å². The Labute approximate surface area is 474 Å². The SMILES string of the molecule is CCC/C=C(/NC(C(=O)O)C(C)O)C1CSSCC(NC(=O)C(Cc2ccccc2)NC(=O)CC)C(=O)NC(Cc2ccc(O)cc2)C(=O)NC(Cc2c[nH]c3ccccc23)C(=O)NC(CCCCC)C(=O)NC(C(C)O)C(=O)N1. The van der Waals surface area contributed by atoms with Crippen LogP contribution in [0.3, 0.4) is 0 Å². The summed E-state index contributed by atoms with van der Waals surface area (Å²) in [5.41, 5.74) is 2.78. The van der Waals surface area contributed by atoms with E-state index in [2.05, 4.69) is 47.5 Å². The number of carbonyl (C=O) groups is 8. The normalized spacial score (nSPS) is 21.7. The van der Waals surface area contributed by atoms with Crippen LogP contribution in [-0.4, -0.2) is 145 Å². The first kappa shape index (κ1) is 63.7. The highest BCUT2D eigenvalue weighted by atomic mass is 33.1. The molecule has 7 amide bonds. The summed E-state index contributed by atoms with van der Waals surface area (Å²) in [7, 11) is 2.19. The number of phenolic OH excluding ortho intramolecular Hbond substituents is 1. The van der Waals surface area contributed by atoms with Gasteiger partial charge in [0.25, 0.3) is 0 Å². The number of aliphatic hydroxyl groups excluding tert-OH is 2. The van der Waals surface area contributed by atoms with Crippen molar-refractivity contribution in [2.75, 3.05) is 11.5 Å². The Balaban J connectivity index is 1.65. The number of carboxylic acids is 1. The van der Waals surface area contributed by atoms with Crippen molar-refractivity contribution in [1.82, 2.24) is 47.5 Å². The molecule has 0 radical (unpaired) electrons. The summed E-state index contributed by atoms with van der Waals surface area (Å²) < 4.78 is 0. The van der Waals surface area contributed by atoms with Crippen molar-refractivity contribution < 1.29 is 58.8 Å². The van der Waals surface area contributed by atoms with Crippen LogP contribution in [0.1, 0.15) is 96.3 Å². The summed E-state index contributed by atoms with van der Waals surface area (Å²) in [5.74, 6) is -6.97. The van der Waals surface area contributed by atoms with Gasteiger partial charge in [0.15, 0.2) is 6.04 Å². The molecule has 10 atom stereocenters. The van der Waals surface area contributed by atoms with E-state index in [0.29, 0.717) is 42.4 Å². The minimum atomic E-state index is -1.62.